The molecule has 0 unspecified atom stereocenters. The molecule has 0 aromatic rings. The lowest BCUT2D eigenvalue weighted by atomic mass is 10.00. The summed E-state index contributed by atoms with van der Waals surface area (Å²) < 4.78 is 0. The highest BCUT2D eigenvalue weighted by molar-refractivity contribution is 5.69. The number of nitrogens with two attached hydrogens (primary N) is 1. The lowest BCUT2D eigenvalue weighted by Gasteiger charge is -2.45. The second kappa shape index (κ2) is 5.58. The molecule has 6 nitrogen and oxygen atoms in total. The fourth-order valence-corrected chi connectivity index (χ4v) is 1.90. The van der Waals surface area contributed by atoms with Gasteiger partial charge in [-0.1, -0.05) is 5.59 Å². The summed E-state index contributed by atoms with van der Waals surface area (Å²) in [5.74, 6) is 4.57. The van der Waals surface area contributed by atoms with E-state index < -0.39 is 0 Å². The molecule has 0 amide bonds. The number of nitrogens with zero attached hydrogens (tertiary/aromatic N) is 2. The molecule has 6 heteroatoms. The Bertz CT molecular complexity index is 245. The summed E-state index contributed by atoms with van der Waals surface area (Å²) in [5, 5.41) is 0. The van der Waals surface area contributed by atoms with Crippen molar-refractivity contribution in [2.45, 2.75) is 25.8 Å². The van der Waals surface area contributed by atoms with E-state index >= 15 is 0 Å². The molecule has 0 aromatic heterocycles. The Morgan fingerprint density at radius 3 is 2.75 bits per heavy atom. The van der Waals surface area contributed by atoms with Crippen LogP contribution < -0.4 is 11.4 Å². The molecule has 94 valence electrons. The first-order valence-corrected chi connectivity index (χ1v) is 5.54. The lowest BCUT2D eigenvalue weighted by Crippen LogP contribution is -2.57. The maximum absolute atomic E-state index is 11.1. The Morgan fingerprint density at radius 2 is 2.19 bits per heavy atom. The molecule has 16 heavy (non-hydrogen) atoms. The quantitative estimate of drug-likeness (QED) is 0.493. The third-order valence-electron chi connectivity index (χ3n) is 3.20. The van der Waals surface area contributed by atoms with Gasteiger partial charge in [0.2, 0.25) is 0 Å². The van der Waals surface area contributed by atoms with Gasteiger partial charge in [-0.05, 0) is 20.9 Å². The van der Waals surface area contributed by atoms with Crippen LogP contribution in [0.5, 0.6) is 0 Å². The predicted octanol–water partition coefficient (Wildman–Crippen LogP) is -0.676. The van der Waals surface area contributed by atoms with Crippen LogP contribution in [0.1, 0.15) is 20.3 Å². The van der Waals surface area contributed by atoms with Crippen molar-refractivity contribution in [2.24, 2.45) is 5.84 Å². The highest BCUT2D eigenvalue weighted by atomic mass is 16.7. The van der Waals surface area contributed by atoms with Crippen LogP contribution in [0.2, 0.25) is 0 Å². The number of carbonyl (C=O) groups is 1. The van der Waals surface area contributed by atoms with Crippen LogP contribution in [-0.2, 0) is 9.63 Å². The van der Waals surface area contributed by atoms with E-state index in [0.717, 1.165) is 26.2 Å². The highest BCUT2D eigenvalue weighted by Crippen LogP contribution is 2.18. The molecular weight excluding hydrogens is 208 g/mol. The van der Waals surface area contributed by atoms with Gasteiger partial charge in [-0.15, -0.1) is 0 Å². The molecule has 0 saturated carbocycles. The molecule has 1 aliphatic rings. The van der Waals surface area contributed by atoms with Crippen LogP contribution >= 0.6 is 0 Å². The normalized spacial score (nSPS) is 22.0. The maximum Gasteiger partial charge on any atom is 0.327 e. The fourth-order valence-electron chi connectivity index (χ4n) is 1.90. The van der Waals surface area contributed by atoms with Crippen LogP contribution in [-0.4, -0.2) is 54.5 Å². The van der Waals surface area contributed by atoms with Crippen LogP contribution in [0.25, 0.3) is 0 Å². The number of rotatable bonds is 4. The zero-order chi connectivity index (χ0) is 12.2. The van der Waals surface area contributed by atoms with Crippen LogP contribution in [0.3, 0.4) is 0 Å². The molecule has 3 N–H and O–H groups in total. The molecule has 1 rings (SSSR count). The average molecular weight is 230 g/mol. The Hall–Kier alpha value is -0.690. The average Bonchev–Trinajstić information content (AvgIpc) is 2.20. The topological polar surface area (TPSA) is 70.8 Å². The third-order valence-corrected chi connectivity index (χ3v) is 3.20. The van der Waals surface area contributed by atoms with E-state index in [9.17, 15) is 4.79 Å². The molecule has 0 spiro atoms. The van der Waals surface area contributed by atoms with Gasteiger partial charge in [-0.2, -0.15) is 0 Å². The van der Waals surface area contributed by atoms with E-state index in [1.165, 1.54) is 0 Å². The zero-order valence-corrected chi connectivity index (χ0v) is 10.3. The van der Waals surface area contributed by atoms with Crippen molar-refractivity contribution < 1.29 is 9.63 Å². The number of nitrogens with one attached hydrogen (secondary N) is 1. The summed E-state index contributed by atoms with van der Waals surface area (Å²) >= 11 is 0. The van der Waals surface area contributed by atoms with Gasteiger partial charge in [-0.25, -0.2) is 5.84 Å². The monoisotopic (exact) mass is 230 g/mol. The third kappa shape index (κ3) is 3.71. The summed E-state index contributed by atoms with van der Waals surface area (Å²) in [7, 11) is 2.13. The Labute approximate surface area is 96.6 Å². The number of carbonyl (C=O) groups excluding carboxylic acids is 1. The minimum atomic E-state index is -0.320. The van der Waals surface area contributed by atoms with E-state index in [-0.39, 0.29) is 11.5 Å². The van der Waals surface area contributed by atoms with Gasteiger partial charge in [-0.3, -0.25) is 14.6 Å². The first kappa shape index (κ1) is 13.4. The molecule has 1 aliphatic heterocycles. The van der Waals surface area contributed by atoms with E-state index in [1.54, 1.807) is 0 Å². The SMILES string of the molecule is CN1CCN(CCC(=O)ONN)CC1(C)C. The number of piperazine rings is 1. The van der Waals surface area contributed by atoms with Crippen molar-refractivity contribution >= 4 is 5.97 Å². The van der Waals surface area contributed by atoms with Gasteiger partial charge in [0.1, 0.15) is 0 Å². The molecule has 0 aromatic carbocycles. The Kier molecular flexibility index (Phi) is 4.67. The summed E-state index contributed by atoms with van der Waals surface area (Å²) in [6.45, 7) is 8.11. The molecule has 1 fully saturated rings. The van der Waals surface area contributed by atoms with Crippen molar-refractivity contribution in [2.75, 3.05) is 33.2 Å². The Balaban J connectivity index is 2.31. The van der Waals surface area contributed by atoms with Crippen LogP contribution in [0.4, 0.5) is 0 Å². The molecular formula is C10H22N4O2. The first-order chi connectivity index (χ1) is 7.45. The van der Waals surface area contributed by atoms with Crippen molar-refractivity contribution in [3.8, 4) is 0 Å². The summed E-state index contributed by atoms with van der Waals surface area (Å²) in [6, 6.07) is 0. The van der Waals surface area contributed by atoms with Gasteiger partial charge in [0.05, 0.1) is 6.42 Å². The van der Waals surface area contributed by atoms with Crippen molar-refractivity contribution in [1.82, 2.24) is 15.4 Å². The van der Waals surface area contributed by atoms with E-state index in [4.69, 9.17) is 5.84 Å². The van der Waals surface area contributed by atoms with E-state index in [0.29, 0.717) is 6.42 Å². The Morgan fingerprint density at radius 1 is 1.50 bits per heavy atom. The second-order valence-electron chi connectivity index (χ2n) is 4.85. The van der Waals surface area contributed by atoms with Gasteiger partial charge in [0, 0.05) is 31.7 Å². The number of hydrazine groups is 1. The molecule has 0 aliphatic carbocycles. The lowest BCUT2D eigenvalue weighted by molar-refractivity contribution is -0.151. The minimum Gasteiger partial charge on any atom is -0.356 e. The van der Waals surface area contributed by atoms with Gasteiger partial charge in [0.25, 0.3) is 0 Å². The second-order valence-corrected chi connectivity index (χ2v) is 4.85. The van der Waals surface area contributed by atoms with Gasteiger partial charge >= 0.3 is 5.97 Å². The first-order valence-electron chi connectivity index (χ1n) is 5.54. The number of likely N-dealkylation sites (N-methyl/N-ethyl adjacent to an activating group) is 1. The molecule has 1 saturated heterocycles. The maximum atomic E-state index is 11.1. The minimum absolute atomic E-state index is 0.161. The molecule has 0 radical (unpaired) electrons. The van der Waals surface area contributed by atoms with Gasteiger partial charge in [0.15, 0.2) is 0 Å². The zero-order valence-electron chi connectivity index (χ0n) is 10.3. The van der Waals surface area contributed by atoms with Crippen molar-refractivity contribution in [3.63, 3.8) is 0 Å². The molecule has 0 bridgehead atoms. The number of hydrogen-bond acceptors (Lipinski definition) is 6. The van der Waals surface area contributed by atoms with Crippen LogP contribution in [0, 0.1) is 0 Å². The predicted molar refractivity (Wildman–Crippen MR) is 61.2 cm³/mol. The summed E-state index contributed by atoms with van der Waals surface area (Å²) in [5.41, 5.74) is 2.06. The summed E-state index contributed by atoms with van der Waals surface area (Å²) in [6.07, 6.45) is 0.365. The van der Waals surface area contributed by atoms with E-state index in [2.05, 4.69) is 35.5 Å². The smallest absolute Gasteiger partial charge is 0.327 e. The largest absolute Gasteiger partial charge is 0.356 e. The van der Waals surface area contributed by atoms with Gasteiger partial charge < -0.3 is 4.84 Å². The van der Waals surface area contributed by atoms with Crippen molar-refractivity contribution in [3.05, 3.63) is 0 Å². The fraction of sp³-hybridized carbons (Fsp3) is 0.900. The van der Waals surface area contributed by atoms with E-state index in [1.807, 2.05) is 5.59 Å². The highest BCUT2D eigenvalue weighted by Gasteiger charge is 2.30. The molecule has 0 atom stereocenters. The molecule has 1 heterocycles. The summed E-state index contributed by atoms with van der Waals surface area (Å²) in [4.78, 5) is 20.2. The standard InChI is InChI=1S/C10H22N4O2/c1-10(2)8-14(7-6-13(10)3)5-4-9(15)16-12-11/h12H,4-8,11H2,1-3H3. The number of hydrogen-bond donors (Lipinski definition) is 2. The van der Waals surface area contributed by atoms with Crippen LogP contribution in [0.15, 0.2) is 0 Å². The van der Waals surface area contributed by atoms with Crippen molar-refractivity contribution in [1.29, 1.82) is 0 Å².